The number of nitrogens with zero attached hydrogens (tertiary/aromatic N) is 2. The maximum atomic E-state index is 12.5. The predicted molar refractivity (Wildman–Crippen MR) is 111 cm³/mol. The van der Waals surface area contributed by atoms with Gasteiger partial charge < -0.3 is 15.2 Å². The van der Waals surface area contributed by atoms with Gasteiger partial charge in [0.05, 0.1) is 32.3 Å². The Kier molecular flexibility index (Phi) is 5.96. The van der Waals surface area contributed by atoms with E-state index in [2.05, 4.69) is 31.2 Å². The number of rotatable bonds is 6. The van der Waals surface area contributed by atoms with Crippen LogP contribution in [0.25, 0.3) is 11.0 Å². The first-order valence-electron chi connectivity index (χ1n) is 8.60. The van der Waals surface area contributed by atoms with Gasteiger partial charge in [0.25, 0.3) is 5.91 Å². The molecule has 0 saturated heterocycles. The number of hydrogen-bond acceptors (Lipinski definition) is 4. The number of thiophene rings is 1. The lowest BCUT2D eigenvalue weighted by Crippen LogP contribution is -2.41. The van der Waals surface area contributed by atoms with E-state index < -0.39 is 0 Å². The van der Waals surface area contributed by atoms with Crippen LogP contribution in [0.1, 0.15) is 35.4 Å². The van der Waals surface area contributed by atoms with Gasteiger partial charge in [0.1, 0.15) is 5.82 Å². The number of H-pyrrole nitrogens is 1. The fourth-order valence-electron chi connectivity index (χ4n) is 2.79. The van der Waals surface area contributed by atoms with Gasteiger partial charge in [-0.1, -0.05) is 26.0 Å². The molecule has 3 aromatic rings. The van der Waals surface area contributed by atoms with Gasteiger partial charge in [-0.15, -0.1) is 11.3 Å². The van der Waals surface area contributed by atoms with Crippen molar-refractivity contribution < 1.29 is 9.59 Å². The number of benzene rings is 1. The summed E-state index contributed by atoms with van der Waals surface area (Å²) in [5, 5.41) is 3.00. The highest BCUT2D eigenvalue weighted by Crippen LogP contribution is 2.24. The van der Waals surface area contributed by atoms with Gasteiger partial charge in [0.2, 0.25) is 5.91 Å². The molecule has 3 rings (SSSR count). The molecule has 2 heterocycles. The summed E-state index contributed by atoms with van der Waals surface area (Å²) in [6.07, 6.45) is 0. The largest absolute Gasteiger partial charge is 0.344 e. The number of nitrogens with one attached hydrogen (secondary N) is 2. The Morgan fingerprint density at radius 2 is 2.00 bits per heavy atom. The second-order valence-electron chi connectivity index (χ2n) is 6.69. The molecule has 27 heavy (non-hydrogen) atoms. The van der Waals surface area contributed by atoms with Gasteiger partial charge in [0, 0.05) is 7.05 Å². The van der Waals surface area contributed by atoms with Gasteiger partial charge in [-0.3, -0.25) is 9.59 Å². The van der Waals surface area contributed by atoms with Crippen LogP contribution in [0.15, 0.2) is 40.2 Å². The zero-order valence-electron chi connectivity index (χ0n) is 15.3. The maximum Gasteiger partial charge on any atom is 0.264 e. The van der Waals surface area contributed by atoms with Crippen LogP contribution in [-0.2, 0) is 4.79 Å². The number of carbonyl (C=O) groups is 2. The molecule has 0 saturated carbocycles. The van der Waals surface area contributed by atoms with E-state index in [1.165, 1.54) is 16.2 Å². The van der Waals surface area contributed by atoms with Gasteiger partial charge in [0.15, 0.2) is 0 Å². The molecule has 0 aliphatic rings. The van der Waals surface area contributed by atoms with Gasteiger partial charge >= 0.3 is 0 Å². The minimum Gasteiger partial charge on any atom is -0.344 e. The van der Waals surface area contributed by atoms with E-state index in [0.717, 1.165) is 20.6 Å². The molecule has 0 bridgehead atoms. The third kappa shape index (κ3) is 4.56. The molecular weight excluding hydrogens is 428 g/mol. The highest BCUT2D eigenvalue weighted by atomic mass is 79.9. The van der Waals surface area contributed by atoms with Crippen LogP contribution in [-0.4, -0.2) is 40.3 Å². The second kappa shape index (κ2) is 8.22. The summed E-state index contributed by atoms with van der Waals surface area (Å²) >= 11 is 4.70. The number of hydrogen-bond donors (Lipinski definition) is 2. The topological polar surface area (TPSA) is 78.1 Å². The molecule has 0 aliphatic heterocycles. The van der Waals surface area contributed by atoms with Crippen molar-refractivity contribution in [2.24, 2.45) is 5.92 Å². The zero-order chi connectivity index (χ0) is 19.6. The average Bonchev–Trinajstić information content (AvgIpc) is 3.24. The van der Waals surface area contributed by atoms with Gasteiger partial charge in [-0.25, -0.2) is 4.98 Å². The van der Waals surface area contributed by atoms with Crippen molar-refractivity contribution in [2.75, 3.05) is 13.6 Å². The molecule has 2 aromatic heterocycles. The number of aromatic nitrogens is 2. The number of amides is 2. The standard InChI is InChI=1S/C19H21BrN4O2S/c1-11(2)17(18-21-12-6-4-5-7-13(12)22-18)23-16(25)10-24(3)19(26)14-8-9-15(20)27-14/h4-9,11,17H,10H2,1-3H3,(H,21,22)(H,23,25). The molecule has 0 aliphatic carbocycles. The molecule has 142 valence electrons. The van der Waals surface area contributed by atoms with Crippen LogP contribution in [0.3, 0.4) is 0 Å². The molecular formula is C19H21BrN4O2S. The predicted octanol–water partition coefficient (Wildman–Crippen LogP) is 3.97. The lowest BCUT2D eigenvalue weighted by Gasteiger charge is -2.22. The minimum atomic E-state index is -0.260. The first kappa shape index (κ1) is 19.6. The van der Waals surface area contributed by atoms with Crippen molar-refractivity contribution in [1.29, 1.82) is 0 Å². The Bertz CT molecular complexity index is 932. The second-order valence-corrected chi connectivity index (χ2v) is 9.16. The van der Waals surface area contributed by atoms with Crippen LogP contribution < -0.4 is 5.32 Å². The number of fused-ring (bicyclic) bond motifs is 1. The van der Waals surface area contributed by atoms with Crippen molar-refractivity contribution in [1.82, 2.24) is 20.2 Å². The van der Waals surface area contributed by atoms with Crippen LogP contribution in [0.2, 0.25) is 0 Å². The monoisotopic (exact) mass is 448 g/mol. The number of carbonyl (C=O) groups excluding carboxylic acids is 2. The van der Waals surface area contributed by atoms with Crippen LogP contribution in [0.5, 0.6) is 0 Å². The van der Waals surface area contributed by atoms with Crippen molar-refractivity contribution in [2.45, 2.75) is 19.9 Å². The number of imidazole rings is 1. The van der Waals surface area contributed by atoms with Crippen LogP contribution >= 0.6 is 27.3 Å². The Hall–Kier alpha value is -2.19. The molecule has 8 heteroatoms. The fraction of sp³-hybridized carbons (Fsp3) is 0.316. The molecule has 2 amide bonds. The summed E-state index contributed by atoms with van der Waals surface area (Å²) in [6.45, 7) is 4.03. The summed E-state index contributed by atoms with van der Waals surface area (Å²) < 4.78 is 0.883. The van der Waals surface area contributed by atoms with Crippen molar-refractivity contribution in [3.05, 3.63) is 50.9 Å². The summed E-state index contributed by atoms with van der Waals surface area (Å²) in [5.41, 5.74) is 1.80. The molecule has 6 nitrogen and oxygen atoms in total. The Balaban J connectivity index is 1.69. The first-order valence-corrected chi connectivity index (χ1v) is 10.2. The van der Waals surface area contributed by atoms with E-state index in [-0.39, 0.29) is 30.3 Å². The lowest BCUT2D eigenvalue weighted by atomic mass is 10.0. The van der Waals surface area contributed by atoms with Crippen molar-refractivity contribution in [3.8, 4) is 0 Å². The molecule has 1 atom stereocenters. The van der Waals surface area contributed by atoms with Gasteiger partial charge in [-0.2, -0.15) is 0 Å². The van der Waals surface area contributed by atoms with E-state index in [4.69, 9.17) is 0 Å². The minimum absolute atomic E-state index is 0.0161. The van der Waals surface area contributed by atoms with E-state index in [1.54, 1.807) is 13.1 Å². The zero-order valence-corrected chi connectivity index (χ0v) is 17.7. The quantitative estimate of drug-likeness (QED) is 0.598. The molecule has 1 unspecified atom stereocenters. The summed E-state index contributed by atoms with van der Waals surface area (Å²) in [4.78, 5) is 34.9. The van der Waals surface area contributed by atoms with Crippen molar-refractivity contribution in [3.63, 3.8) is 0 Å². The number of likely N-dealkylation sites (N-methyl/N-ethyl adjacent to an activating group) is 1. The number of aromatic amines is 1. The van der Waals surface area contributed by atoms with Crippen LogP contribution in [0, 0.1) is 5.92 Å². The summed E-state index contributed by atoms with van der Waals surface area (Å²) in [5.74, 6) is 0.464. The number of halogens is 1. The van der Waals surface area contributed by atoms with Gasteiger partial charge in [-0.05, 0) is 46.1 Å². The number of para-hydroxylation sites is 2. The average molecular weight is 449 g/mol. The highest BCUT2D eigenvalue weighted by molar-refractivity contribution is 9.11. The van der Waals surface area contributed by atoms with Crippen molar-refractivity contribution >= 4 is 50.1 Å². The molecule has 0 radical (unpaired) electrons. The smallest absolute Gasteiger partial charge is 0.264 e. The third-order valence-corrected chi connectivity index (χ3v) is 5.81. The summed E-state index contributed by atoms with van der Waals surface area (Å²) in [7, 11) is 1.63. The molecule has 2 N–H and O–H groups in total. The third-order valence-electron chi connectivity index (χ3n) is 4.20. The molecule has 0 spiro atoms. The SMILES string of the molecule is CC(C)C(NC(=O)CN(C)C(=O)c1ccc(Br)s1)c1nc2ccccc2[nH]1. The first-order chi connectivity index (χ1) is 12.8. The van der Waals surface area contributed by atoms with E-state index in [1.807, 2.05) is 44.2 Å². The molecule has 0 fully saturated rings. The normalized spacial score (nSPS) is 12.3. The summed E-state index contributed by atoms with van der Waals surface area (Å²) in [6, 6.07) is 11.1. The fourth-order valence-corrected chi connectivity index (χ4v) is 4.17. The highest BCUT2D eigenvalue weighted by Gasteiger charge is 2.23. The Morgan fingerprint density at radius 1 is 1.26 bits per heavy atom. The maximum absolute atomic E-state index is 12.5. The lowest BCUT2D eigenvalue weighted by molar-refractivity contribution is -0.122. The molecule has 1 aromatic carbocycles. The van der Waals surface area contributed by atoms with E-state index in [9.17, 15) is 9.59 Å². The van der Waals surface area contributed by atoms with E-state index >= 15 is 0 Å². The van der Waals surface area contributed by atoms with Crippen LogP contribution in [0.4, 0.5) is 0 Å². The Labute approximate surface area is 170 Å². The van der Waals surface area contributed by atoms with E-state index in [0.29, 0.717) is 4.88 Å². The Morgan fingerprint density at radius 3 is 2.63 bits per heavy atom.